The second-order valence-electron chi connectivity index (χ2n) is 9.12. The number of carbonyl (C=O) groups is 1. The van der Waals surface area contributed by atoms with Crippen molar-refractivity contribution in [3.05, 3.63) is 59.2 Å². The number of esters is 1. The van der Waals surface area contributed by atoms with E-state index >= 15 is 0 Å². The molecule has 11 heteroatoms. The van der Waals surface area contributed by atoms with E-state index in [0.717, 1.165) is 12.1 Å². The average Bonchev–Trinajstić information content (AvgIpc) is 3.09. The smallest absolute Gasteiger partial charge is 0.428 e. The predicted molar refractivity (Wildman–Crippen MR) is 116 cm³/mol. The average molecular weight is 498 g/mol. The van der Waals surface area contributed by atoms with Crippen LogP contribution in [-0.2, 0) is 26.4 Å². The van der Waals surface area contributed by atoms with Gasteiger partial charge in [0.25, 0.3) is 0 Å². The molecule has 3 aromatic rings. The molecule has 1 atom stereocenters. The minimum atomic E-state index is -4.95. The molecule has 1 N–H and O–H groups in total. The second-order valence-corrected chi connectivity index (χ2v) is 11.3. The highest BCUT2D eigenvalue weighted by Crippen LogP contribution is 2.48. The van der Waals surface area contributed by atoms with E-state index in [9.17, 15) is 30.8 Å². The summed E-state index contributed by atoms with van der Waals surface area (Å²) in [6.45, 7) is 4.55. The fourth-order valence-corrected chi connectivity index (χ4v) is 5.32. The molecule has 1 aliphatic heterocycles. The number of sulfone groups is 1. The molecule has 2 aromatic heterocycles. The van der Waals surface area contributed by atoms with Crippen LogP contribution in [0.4, 0.5) is 17.6 Å². The van der Waals surface area contributed by atoms with Gasteiger partial charge < -0.3 is 9.72 Å². The number of aromatic nitrogens is 2. The van der Waals surface area contributed by atoms with E-state index < -0.39 is 51.7 Å². The van der Waals surface area contributed by atoms with Crippen LogP contribution in [0.3, 0.4) is 0 Å². The molecule has 0 amide bonds. The Kier molecular flexibility index (Phi) is 5.54. The van der Waals surface area contributed by atoms with Crippen LogP contribution in [-0.4, -0.2) is 41.9 Å². The van der Waals surface area contributed by atoms with Gasteiger partial charge in [0.15, 0.2) is 14.9 Å². The van der Waals surface area contributed by atoms with Gasteiger partial charge in [-0.3, -0.25) is 0 Å². The van der Waals surface area contributed by atoms with Crippen molar-refractivity contribution >= 4 is 26.7 Å². The Morgan fingerprint density at radius 3 is 2.53 bits per heavy atom. The molecule has 0 saturated carbocycles. The normalized spacial score (nSPS) is 20.6. The van der Waals surface area contributed by atoms with Gasteiger partial charge in [-0.2, -0.15) is 13.2 Å². The molecule has 0 radical (unpaired) electrons. The molecule has 1 aromatic carbocycles. The van der Waals surface area contributed by atoms with Gasteiger partial charge in [0.05, 0.1) is 23.0 Å². The van der Waals surface area contributed by atoms with Gasteiger partial charge in [-0.05, 0) is 35.2 Å². The summed E-state index contributed by atoms with van der Waals surface area (Å²) >= 11 is 0. The summed E-state index contributed by atoms with van der Waals surface area (Å²) in [5, 5.41) is 0.178. The fourth-order valence-electron chi connectivity index (χ4n) is 4.50. The first-order valence-corrected chi connectivity index (χ1v) is 12.1. The Hall–Kier alpha value is -2.95. The molecule has 0 spiro atoms. The van der Waals surface area contributed by atoms with Gasteiger partial charge in [0.2, 0.25) is 5.60 Å². The van der Waals surface area contributed by atoms with Gasteiger partial charge in [-0.15, -0.1) is 0 Å². The number of H-pyrrole nitrogens is 1. The molecule has 0 aliphatic carbocycles. The van der Waals surface area contributed by atoms with E-state index in [0.29, 0.717) is 10.9 Å². The number of rotatable bonds is 4. The summed E-state index contributed by atoms with van der Waals surface area (Å²) < 4.78 is 86.8. The minimum Gasteiger partial charge on any atom is -0.445 e. The molecular formula is C23H22F4N2O4S. The van der Waals surface area contributed by atoms with Crippen LogP contribution < -0.4 is 0 Å². The van der Waals surface area contributed by atoms with E-state index in [1.54, 1.807) is 13.8 Å². The van der Waals surface area contributed by atoms with E-state index in [4.69, 9.17) is 4.74 Å². The van der Waals surface area contributed by atoms with E-state index in [1.807, 2.05) is 0 Å². The van der Waals surface area contributed by atoms with Crippen molar-refractivity contribution in [2.75, 3.05) is 5.75 Å². The minimum absolute atomic E-state index is 0.0842. The van der Waals surface area contributed by atoms with Crippen LogP contribution in [0.15, 0.2) is 41.6 Å². The number of cyclic esters (lactones) is 1. The van der Waals surface area contributed by atoms with Gasteiger partial charge in [0, 0.05) is 23.9 Å². The lowest BCUT2D eigenvalue weighted by molar-refractivity contribution is -0.264. The van der Waals surface area contributed by atoms with Crippen LogP contribution in [0.25, 0.3) is 10.9 Å². The predicted octanol–water partition coefficient (Wildman–Crippen LogP) is 4.88. The number of aromatic amines is 1. The van der Waals surface area contributed by atoms with Crippen molar-refractivity contribution in [3.8, 4) is 0 Å². The Bertz CT molecular complexity index is 1400. The van der Waals surface area contributed by atoms with E-state index in [2.05, 4.69) is 9.97 Å². The largest absolute Gasteiger partial charge is 0.445 e. The highest BCUT2D eigenvalue weighted by atomic mass is 32.2. The van der Waals surface area contributed by atoms with Crippen molar-refractivity contribution in [1.29, 1.82) is 0 Å². The Morgan fingerprint density at radius 2 is 1.88 bits per heavy atom. The molecule has 182 valence electrons. The first kappa shape index (κ1) is 24.2. The second kappa shape index (κ2) is 7.79. The Morgan fingerprint density at radius 1 is 1.18 bits per heavy atom. The van der Waals surface area contributed by atoms with Crippen LogP contribution in [0.5, 0.6) is 0 Å². The van der Waals surface area contributed by atoms with Gasteiger partial charge >= 0.3 is 12.1 Å². The summed E-state index contributed by atoms with van der Waals surface area (Å²) in [4.78, 5) is 19.5. The van der Waals surface area contributed by atoms with Gasteiger partial charge in [-0.25, -0.2) is 22.6 Å². The lowest BCUT2D eigenvalue weighted by atomic mass is 9.73. The highest BCUT2D eigenvalue weighted by molar-refractivity contribution is 7.91. The van der Waals surface area contributed by atoms with Crippen LogP contribution in [0.1, 0.15) is 48.8 Å². The van der Waals surface area contributed by atoms with Crippen molar-refractivity contribution in [3.63, 3.8) is 0 Å². The molecule has 0 unspecified atom stereocenters. The lowest BCUT2D eigenvalue weighted by Crippen LogP contribution is -2.52. The number of alkyl halides is 3. The van der Waals surface area contributed by atoms with E-state index in [1.165, 1.54) is 31.3 Å². The molecule has 0 bridgehead atoms. The zero-order valence-electron chi connectivity index (χ0n) is 18.6. The number of fused-ring (bicyclic) bond motifs is 2. The first-order chi connectivity index (χ1) is 15.7. The quantitative estimate of drug-likeness (QED) is 0.409. The zero-order chi connectivity index (χ0) is 25.1. The summed E-state index contributed by atoms with van der Waals surface area (Å²) in [5.41, 5.74) is -3.64. The molecule has 1 aliphatic rings. The number of pyridine rings is 1. The topological polar surface area (TPSA) is 89.1 Å². The summed E-state index contributed by atoms with van der Waals surface area (Å²) in [6.07, 6.45) is -5.06. The summed E-state index contributed by atoms with van der Waals surface area (Å²) in [6, 6.07) is 5.97. The lowest BCUT2D eigenvalue weighted by Gasteiger charge is -2.38. The number of halogens is 4. The van der Waals surface area contributed by atoms with Crippen LogP contribution in [0, 0.1) is 5.82 Å². The third kappa shape index (κ3) is 4.06. The van der Waals surface area contributed by atoms with Crippen molar-refractivity contribution in [1.82, 2.24) is 9.97 Å². The molecule has 6 nitrogen and oxygen atoms in total. The van der Waals surface area contributed by atoms with Crippen molar-refractivity contribution < 1.29 is 35.5 Å². The number of nitrogens with zero attached hydrogens (tertiary/aromatic N) is 1. The molecule has 4 rings (SSSR count). The van der Waals surface area contributed by atoms with Crippen molar-refractivity contribution in [2.24, 2.45) is 0 Å². The number of benzene rings is 1. The standard InChI is InChI=1S/C23H22F4N2O4S/c1-4-34(31,32)19-8-13-7-15(29-18(13)11-28-19)10-22(23(25,26)27)12-21(2,3)17-6-5-14(24)9-16(17)20(30)33-22/h5-9,11,29H,4,10,12H2,1-3H3/t22-/m0/s1. The van der Waals surface area contributed by atoms with E-state index in [-0.39, 0.29) is 27.6 Å². The maximum Gasteiger partial charge on any atom is 0.428 e. The fraction of sp³-hybridized carbons (Fsp3) is 0.391. The molecule has 0 fully saturated rings. The molecular weight excluding hydrogens is 476 g/mol. The van der Waals surface area contributed by atoms with Crippen LogP contribution >= 0.6 is 0 Å². The zero-order valence-corrected chi connectivity index (χ0v) is 19.4. The number of hydrogen-bond donors (Lipinski definition) is 1. The number of hydrogen-bond acceptors (Lipinski definition) is 5. The number of carbonyl (C=O) groups excluding carboxylic acids is 1. The number of ether oxygens (including phenoxy) is 1. The third-order valence-corrected chi connectivity index (χ3v) is 7.79. The summed E-state index contributed by atoms with van der Waals surface area (Å²) in [5.74, 6) is -2.19. The maximum absolute atomic E-state index is 14.5. The third-order valence-electron chi connectivity index (χ3n) is 6.17. The Balaban J connectivity index is 1.80. The SMILES string of the molecule is CCS(=O)(=O)c1cc2cc(C[C@@]3(C(F)(F)F)CC(C)(C)c4ccc(F)cc4C(=O)O3)[nH]c2cn1. The highest BCUT2D eigenvalue weighted by Gasteiger charge is 2.62. The monoisotopic (exact) mass is 498 g/mol. The Labute approximate surface area is 193 Å². The van der Waals surface area contributed by atoms with Crippen molar-refractivity contribution in [2.45, 2.75) is 55.8 Å². The number of nitrogens with one attached hydrogen (secondary N) is 1. The first-order valence-electron chi connectivity index (χ1n) is 10.5. The molecule has 34 heavy (non-hydrogen) atoms. The maximum atomic E-state index is 14.5. The summed E-state index contributed by atoms with van der Waals surface area (Å²) in [7, 11) is -3.61. The van der Waals surface area contributed by atoms with Gasteiger partial charge in [-0.1, -0.05) is 26.8 Å². The molecule has 3 heterocycles. The van der Waals surface area contributed by atoms with Gasteiger partial charge in [0.1, 0.15) is 5.82 Å². The van der Waals surface area contributed by atoms with Crippen LogP contribution in [0.2, 0.25) is 0 Å². The molecule has 0 saturated heterocycles.